The zero-order valence-corrected chi connectivity index (χ0v) is 19.5. The van der Waals surface area contributed by atoms with E-state index in [4.69, 9.17) is 14.9 Å². The van der Waals surface area contributed by atoms with Gasteiger partial charge in [0.1, 0.15) is 18.3 Å². The van der Waals surface area contributed by atoms with Crippen LogP contribution < -0.4 is 9.47 Å². The highest BCUT2D eigenvalue weighted by molar-refractivity contribution is 8.17. The molecular formula is C27H20FN3O3S. The molecule has 0 radical (unpaired) electrons. The third-order valence-corrected chi connectivity index (χ3v) is 6.32. The average molecular weight is 486 g/mol. The van der Waals surface area contributed by atoms with E-state index >= 15 is 0 Å². The lowest BCUT2D eigenvalue weighted by Crippen LogP contribution is -2.38. The van der Waals surface area contributed by atoms with Crippen LogP contribution in [0.25, 0.3) is 11.8 Å². The van der Waals surface area contributed by atoms with Crippen molar-refractivity contribution in [3.63, 3.8) is 0 Å². The number of methoxy groups -OCH3 is 1. The summed E-state index contributed by atoms with van der Waals surface area (Å²) in [5.74, 6) is 0.279. The van der Waals surface area contributed by atoms with E-state index in [2.05, 4.69) is 4.99 Å². The van der Waals surface area contributed by atoms with E-state index in [0.29, 0.717) is 22.2 Å². The van der Waals surface area contributed by atoms with Gasteiger partial charge < -0.3 is 9.47 Å². The topological polar surface area (TPSA) is 75.0 Å². The number of amides is 1. The summed E-state index contributed by atoms with van der Waals surface area (Å²) in [5, 5.41) is 11.1. The number of thioether (sulfide) groups is 1. The van der Waals surface area contributed by atoms with E-state index in [1.165, 1.54) is 31.0 Å². The van der Waals surface area contributed by atoms with E-state index < -0.39 is 5.91 Å². The summed E-state index contributed by atoms with van der Waals surface area (Å²) in [4.78, 5) is 18.6. The van der Waals surface area contributed by atoms with Crippen LogP contribution in [0.4, 0.5) is 4.39 Å². The fraction of sp³-hybridized carbons (Fsp3) is 0.0741. The maximum Gasteiger partial charge on any atom is 0.283 e. The molecule has 0 atom stereocenters. The standard InChI is InChI=1S/C27H20FN3O3S/c1-33-24-14-18(9-12-23(24)34-15-17-7-10-20(28)11-8-17)13-21-25(29)31-22(19-5-3-2-4-6-19)16-35-27(31)30-26(21)32/h2-14,16,29H,15H2,1H3. The van der Waals surface area contributed by atoms with Crippen LogP contribution in [-0.4, -0.2) is 28.9 Å². The van der Waals surface area contributed by atoms with Crippen LogP contribution in [0.5, 0.6) is 11.5 Å². The molecule has 8 heteroatoms. The van der Waals surface area contributed by atoms with E-state index in [1.807, 2.05) is 35.7 Å². The summed E-state index contributed by atoms with van der Waals surface area (Å²) in [6.45, 7) is 0.249. The van der Waals surface area contributed by atoms with Crippen molar-refractivity contribution < 1.29 is 18.7 Å². The molecule has 0 aliphatic carbocycles. The van der Waals surface area contributed by atoms with Gasteiger partial charge in [-0.25, -0.2) is 4.39 Å². The summed E-state index contributed by atoms with van der Waals surface area (Å²) in [7, 11) is 1.53. The van der Waals surface area contributed by atoms with E-state index in [-0.39, 0.29) is 23.8 Å². The minimum absolute atomic E-state index is 0.0655. The first-order chi connectivity index (χ1) is 17.0. The first-order valence-corrected chi connectivity index (χ1v) is 11.6. The van der Waals surface area contributed by atoms with Gasteiger partial charge in [0.25, 0.3) is 5.91 Å². The minimum atomic E-state index is -0.466. The third-order valence-electron chi connectivity index (χ3n) is 5.49. The van der Waals surface area contributed by atoms with Crippen molar-refractivity contribution in [3.05, 3.63) is 106 Å². The molecule has 5 rings (SSSR count). The number of carbonyl (C=O) groups is 1. The van der Waals surface area contributed by atoms with Gasteiger partial charge in [-0.3, -0.25) is 15.1 Å². The Morgan fingerprint density at radius 3 is 2.57 bits per heavy atom. The average Bonchev–Trinajstić information content (AvgIpc) is 3.31. The SMILES string of the molecule is COc1cc(C=C2C(=N)N3C(c4ccccc4)=CSC3=NC2=O)ccc1OCc1ccc(F)cc1. The Hall–Kier alpha value is -4.17. The Bertz CT molecular complexity index is 1400. The van der Waals surface area contributed by atoms with Gasteiger partial charge in [-0.15, -0.1) is 0 Å². The molecule has 0 saturated heterocycles. The van der Waals surface area contributed by atoms with Gasteiger partial charge in [0.15, 0.2) is 16.7 Å². The number of fused-ring (bicyclic) bond motifs is 1. The lowest BCUT2D eigenvalue weighted by molar-refractivity contribution is -0.114. The monoisotopic (exact) mass is 485 g/mol. The molecule has 0 unspecified atom stereocenters. The number of ether oxygens (including phenoxy) is 2. The molecule has 6 nitrogen and oxygen atoms in total. The van der Waals surface area contributed by atoms with Gasteiger partial charge in [-0.05, 0) is 47.0 Å². The summed E-state index contributed by atoms with van der Waals surface area (Å²) in [6, 6.07) is 21.0. The number of aliphatic imine (C=N–C) groups is 1. The van der Waals surface area contributed by atoms with Crippen LogP contribution in [0, 0.1) is 11.2 Å². The Kier molecular flexibility index (Phi) is 6.20. The fourth-order valence-electron chi connectivity index (χ4n) is 3.72. The third kappa shape index (κ3) is 4.61. The van der Waals surface area contributed by atoms with Crippen molar-refractivity contribution in [3.8, 4) is 11.5 Å². The molecular weight excluding hydrogens is 465 g/mol. The molecule has 2 heterocycles. The highest BCUT2D eigenvalue weighted by Crippen LogP contribution is 2.37. The minimum Gasteiger partial charge on any atom is -0.493 e. The number of rotatable bonds is 6. The molecule has 0 saturated carbocycles. The highest BCUT2D eigenvalue weighted by atomic mass is 32.2. The van der Waals surface area contributed by atoms with Crippen molar-refractivity contribution in [2.45, 2.75) is 6.61 Å². The molecule has 2 aliphatic rings. The normalized spacial score (nSPS) is 16.2. The zero-order chi connectivity index (χ0) is 24.4. The fourth-order valence-corrected chi connectivity index (χ4v) is 4.61. The number of nitrogens with zero attached hydrogens (tertiary/aromatic N) is 2. The Labute approximate surface area is 205 Å². The number of halogens is 1. The first kappa shape index (κ1) is 22.6. The zero-order valence-electron chi connectivity index (χ0n) is 18.7. The predicted molar refractivity (Wildman–Crippen MR) is 136 cm³/mol. The largest absolute Gasteiger partial charge is 0.493 e. The molecule has 0 bridgehead atoms. The Morgan fingerprint density at radius 1 is 1.06 bits per heavy atom. The second kappa shape index (κ2) is 9.60. The van der Waals surface area contributed by atoms with Crippen molar-refractivity contribution in [1.29, 1.82) is 5.41 Å². The summed E-state index contributed by atoms with van der Waals surface area (Å²) < 4.78 is 24.4. The second-order valence-corrected chi connectivity index (χ2v) is 8.59. The molecule has 0 aromatic heterocycles. The van der Waals surface area contributed by atoms with Gasteiger partial charge in [-0.2, -0.15) is 4.99 Å². The Morgan fingerprint density at radius 2 is 1.83 bits per heavy atom. The van der Waals surface area contributed by atoms with Crippen LogP contribution in [0.1, 0.15) is 16.7 Å². The van der Waals surface area contributed by atoms with Gasteiger partial charge in [-0.1, -0.05) is 60.3 Å². The highest BCUT2D eigenvalue weighted by Gasteiger charge is 2.36. The Balaban J connectivity index is 1.39. The van der Waals surface area contributed by atoms with Crippen molar-refractivity contribution in [1.82, 2.24) is 4.90 Å². The lowest BCUT2D eigenvalue weighted by Gasteiger charge is -2.27. The number of nitrogens with one attached hydrogen (secondary N) is 1. The van der Waals surface area contributed by atoms with Gasteiger partial charge >= 0.3 is 0 Å². The second-order valence-electron chi connectivity index (χ2n) is 7.75. The maximum atomic E-state index is 13.1. The van der Waals surface area contributed by atoms with Gasteiger partial charge in [0.2, 0.25) is 0 Å². The van der Waals surface area contributed by atoms with Crippen molar-refractivity contribution in [2.75, 3.05) is 7.11 Å². The van der Waals surface area contributed by atoms with Crippen LogP contribution in [0.3, 0.4) is 0 Å². The van der Waals surface area contributed by atoms with Crippen molar-refractivity contribution >= 4 is 40.4 Å². The number of hydrogen-bond acceptors (Lipinski definition) is 5. The van der Waals surface area contributed by atoms with Gasteiger partial charge in [0, 0.05) is 5.41 Å². The molecule has 1 N–H and O–H groups in total. The molecule has 35 heavy (non-hydrogen) atoms. The molecule has 174 valence electrons. The van der Waals surface area contributed by atoms with E-state index in [1.54, 1.807) is 41.3 Å². The summed E-state index contributed by atoms with van der Waals surface area (Å²) >= 11 is 1.33. The molecule has 0 spiro atoms. The number of hydrogen-bond donors (Lipinski definition) is 1. The lowest BCUT2D eigenvalue weighted by atomic mass is 10.1. The number of carbonyl (C=O) groups excluding carboxylic acids is 1. The number of benzene rings is 3. The van der Waals surface area contributed by atoms with Crippen LogP contribution >= 0.6 is 11.8 Å². The maximum absolute atomic E-state index is 13.1. The van der Waals surface area contributed by atoms with Crippen LogP contribution in [0.2, 0.25) is 0 Å². The molecule has 3 aromatic rings. The van der Waals surface area contributed by atoms with Crippen LogP contribution in [0.15, 0.2) is 88.8 Å². The smallest absolute Gasteiger partial charge is 0.283 e. The molecule has 3 aromatic carbocycles. The molecule has 2 aliphatic heterocycles. The van der Waals surface area contributed by atoms with Crippen LogP contribution in [-0.2, 0) is 11.4 Å². The quantitative estimate of drug-likeness (QED) is 0.452. The molecule has 0 fully saturated rings. The summed E-state index contributed by atoms with van der Waals surface area (Å²) in [6.07, 6.45) is 1.63. The van der Waals surface area contributed by atoms with E-state index in [0.717, 1.165) is 16.8 Å². The first-order valence-electron chi connectivity index (χ1n) is 10.7. The molecule has 1 amide bonds. The summed E-state index contributed by atoms with van der Waals surface area (Å²) in [5.41, 5.74) is 3.41. The predicted octanol–water partition coefficient (Wildman–Crippen LogP) is 5.72. The van der Waals surface area contributed by atoms with Crippen molar-refractivity contribution in [2.24, 2.45) is 4.99 Å². The van der Waals surface area contributed by atoms with Gasteiger partial charge in [0.05, 0.1) is 18.4 Å². The number of amidine groups is 2. The van der Waals surface area contributed by atoms with E-state index in [9.17, 15) is 9.18 Å².